The fourth-order valence-electron chi connectivity index (χ4n) is 1.30. The molecule has 0 fully saturated rings. The summed E-state index contributed by atoms with van der Waals surface area (Å²) in [6.45, 7) is 2.07. The summed E-state index contributed by atoms with van der Waals surface area (Å²) >= 11 is 5.55. The van der Waals surface area contributed by atoms with Crippen LogP contribution in [-0.2, 0) is 12.8 Å². The molecule has 0 spiro atoms. The molecule has 0 saturated heterocycles. The van der Waals surface area contributed by atoms with Crippen molar-refractivity contribution in [3.05, 3.63) is 35.1 Å². The molecule has 72 valence electrons. The average molecular weight is 201 g/mol. The Balaban J connectivity index is 2.78. The van der Waals surface area contributed by atoms with Gasteiger partial charge in [-0.1, -0.05) is 19.1 Å². The Hall–Kier alpha value is -0.560. The third-order valence-electron chi connectivity index (χ3n) is 2.10. The van der Waals surface area contributed by atoms with Crippen LogP contribution in [0.2, 0.25) is 0 Å². The fraction of sp³-hybridized carbons (Fsp3) is 0.455. The van der Waals surface area contributed by atoms with Crippen molar-refractivity contribution < 1.29 is 4.39 Å². The van der Waals surface area contributed by atoms with E-state index < -0.39 is 0 Å². The second-order valence-corrected chi connectivity index (χ2v) is 3.45. The van der Waals surface area contributed by atoms with Gasteiger partial charge in [0.25, 0.3) is 0 Å². The third kappa shape index (κ3) is 3.00. The van der Waals surface area contributed by atoms with Crippen molar-refractivity contribution in [2.24, 2.45) is 0 Å². The minimum absolute atomic E-state index is 0.109. The molecular weight excluding hydrogens is 187 g/mol. The van der Waals surface area contributed by atoms with Gasteiger partial charge >= 0.3 is 0 Å². The average Bonchev–Trinajstić information content (AvgIpc) is 2.17. The molecule has 0 amide bonds. The maximum atomic E-state index is 13.2. The van der Waals surface area contributed by atoms with E-state index in [0.29, 0.717) is 5.88 Å². The molecule has 0 N–H and O–H groups in total. The molecule has 13 heavy (non-hydrogen) atoms. The van der Waals surface area contributed by atoms with E-state index in [1.807, 2.05) is 12.1 Å². The van der Waals surface area contributed by atoms with E-state index in [4.69, 9.17) is 11.6 Å². The Morgan fingerprint density at radius 3 is 2.77 bits per heavy atom. The van der Waals surface area contributed by atoms with E-state index in [9.17, 15) is 4.39 Å². The van der Waals surface area contributed by atoms with Crippen molar-refractivity contribution in [1.29, 1.82) is 0 Å². The molecule has 1 aromatic rings. The van der Waals surface area contributed by atoms with Gasteiger partial charge in [0.15, 0.2) is 0 Å². The van der Waals surface area contributed by atoms with Gasteiger partial charge in [0.2, 0.25) is 0 Å². The summed E-state index contributed by atoms with van der Waals surface area (Å²) < 4.78 is 13.2. The predicted octanol–water partition coefficient (Wildman–Crippen LogP) is 3.56. The van der Waals surface area contributed by atoms with Gasteiger partial charge in [0.05, 0.1) is 0 Å². The minimum Gasteiger partial charge on any atom is -0.207 e. The molecule has 0 aliphatic rings. The molecule has 0 aromatic heterocycles. The Morgan fingerprint density at radius 1 is 1.38 bits per heavy atom. The maximum absolute atomic E-state index is 13.2. The zero-order valence-electron chi connectivity index (χ0n) is 7.82. The Labute approximate surface area is 83.7 Å². The molecular formula is C11H14ClF. The Morgan fingerprint density at radius 2 is 2.15 bits per heavy atom. The Bertz CT molecular complexity index is 271. The van der Waals surface area contributed by atoms with Crippen LogP contribution in [0.5, 0.6) is 0 Å². The van der Waals surface area contributed by atoms with E-state index in [2.05, 4.69) is 6.92 Å². The van der Waals surface area contributed by atoms with E-state index in [1.165, 1.54) is 5.56 Å². The number of benzene rings is 1. The van der Waals surface area contributed by atoms with E-state index >= 15 is 0 Å². The molecule has 0 radical (unpaired) electrons. The quantitative estimate of drug-likeness (QED) is 0.652. The van der Waals surface area contributed by atoms with Gasteiger partial charge in [0, 0.05) is 5.88 Å². The molecule has 0 aliphatic heterocycles. The van der Waals surface area contributed by atoms with Gasteiger partial charge < -0.3 is 0 Å². The normalized spacial score (nSPS) is 10.4. The van der Waals surface area contributed by atoms with E-state index in [0.717, 1.165) is 24.8 Å². The lowest BCUT2D eigenvalue weighted by Crippen LogP contribution is -1.93. The SMILES string of the molecule is CCc1ccc(F)c(CCCCl)c1. The molecule has 0 heterocycles. The molecule has 1 aromatic carbocycles. The summed E-state index contributed by atoms with van der Waals surface area (Å²) in [5.74, 6) is 0.484. The number of hydrogen-bond acceptors (Lipinski definition) is 0. The lowest BCUT2D eigenvalue weighted by molar-refractivity contribution is 0.606. The summed E-state index contributed by atoms with van der Waals surface area (Å²) in [5, 5.41) is 0. The smallest absolute Gasteiger partial charge is 0.126 e. The molecule has 1 rings (SSSR count). The zero-order valence-corrected chi connectivity index (χ0v) is 8.57. The van der Waals surface area contributed by atoms with Crippen molar-refractivity contribution >= 4 is 11.6 Å². The first-order valence-electron chi connectivity index (χ1n) is 4.61. The van der Waals surface area contributed by atoms with Gasteiger partial charge in [-0.3, -0.25) is 0 Å². The molecule has 0 aliphatic carbocycles. The maximum Gasteiger partial charge on any atom is 0.126 e. The summed E-state index contributed by atoms with van der Waals surface area (Å²) in [6.07, 6.45) is 2.53. The predicted molar refractivity (Wildman–Crippen MR) is 54.8 cm³/mol. The van der Waals surface area contributed by atoms with Gasteiger partial charge in [0.1, 0.15) is 5.82 Å². The highest BCUT2D eigenvalue weighted by Gasteiger charge is 2.02. The first kappa shape index (κ1) is 10.5. The van der Waals surface area contributed by atoms with Gasteiger partial charge in [-0.2, -0.15) is 0 Å². The first-order chi connectivity index (χ1) is 6.27. The number of alkyl halides is 1. The third-order valence-corrected chi connectivity index (χ3v) is 2.37. The lowest BCUT2D eigenvalue weighted by atomic mass is 10.0. The first-order valence-corrected chi connectivity index (χ1v) is 5.14. The molecule has 0 bridgehead atoms. The van der Waals surface area contributed by atoms with E-state index in [1.54, 1.807) is 6.07 Å². The number of aryl methyl sites for hydroxylation is 2. The number of rotatable bonds is 4. The van der Waals surface area contributed by atoms with Crippen molar-refractivity contribution in [2.75, 3.05) is 5.88 Å². The topological polar surface area (TPSA) is 0 Å². The van der Waals surface area contributed by atoms with Crippen molar-refractivity contribution in [2.45, 2.75) is 26.2 Å². The standard InChI is InChI=1S/C11H14ClF/c1-2-9-5-6-11(13)10(8-9)4-3-7-12/h5-6,8H,2-4,7H2,1H3. The summed E-state index contributed by atoms with van der Waals surface area (Å²) in [4.78, 5) is 0. The van der Waals surface area contributed by atoms with Crippen LogP contribution >= 0.6 is 11.6 Å². The summed E-state index contributed by atoms with van der Waals surface area (Å²) in [6, 6.07) is 5.31. The van der Waals surface area contributed by atoms with E-state index in [-0.39, 0.29) is 5.82 Å². The second-order valence-electron chi connectivity index (χ2n) is 3.07. The number of hydrogen-bond donors (Lipinski definition) is 0. The van der Waals surface area contributed by atoms with Crippen LogP contribution in [0.15, 0.2) is 18.2 Å². The molecule has 0 unspecified atom stereocenters. The zero-order chi connectivity index (χ0) is 9.68. The van der Waals surface area contributed by atoms with Crippen LogP contribution in [0.1, 0.15) is 24.5 Å². The molecule has 0 saturated carbocycles. The van der Waals surface area contributed by atoms with Crippen LogP contribution in [0.4, 0.5) is 4.39 Å². The van der Waals surface area contributed by atoms with Gasteiger partial charge in [-0.05, 0) is 36.5 Å². The van der Waals surface area contributed by atoms with Crippen LogP contribution < -0.4 is 0 Å². The van der Waals surface area contributed by atoms with Crippen molar-refractivity contribution in [1.82, 2.24) is 0 Å². The minimum atomic E-state index is -0.109. The summed E-state index contributed by atoms with van der Waals surface area (Å²) in [5.41, 5.74) is 1.98. The van der Waals surface area contributed by atoms with Gasteiger partial charge in [-0.15, -0.1) is 11.6 Å². The second kappa shape index (κ2) is 5.23. The lowest BCUT2D eigenvalue weighted by Gasteiger charge is -2.04. The van der Waals surface area contributed by atoms with Crippen LogP contribution in [-0.4, -0.2) is 5.88 Å². The fourth-order valence-corrected chi connectivity index (χ4v) is 1.43. The molecule has 2 heteroatoms. The van der Waals surface area contributed by atoms with Crippen molar-refractivity contribution in [3.63, 3.8) is 0 Å². The molecule has 0 nitrogen and oxygen atoms in total. The van der Waals surface area contributed by atoms with Crippen molar-refractivity contribution in [3.8, 4) is 0 Å². The monoisotopic (exact) mass is 200 g/mol. The van der Waals surface area contributed by atoms with Gasteiger partial charge in [-0.25, -0.2) is 4.39 Å². The Kier molecular flexibility index (Phi) is 4.23. The largest absolute Gasteiger partial charge is 0.207 e. The highest BCUT2D eigenvalue weighted by atomic mass is 35.5. The summed E-state index contributed by atoms with van der Waals surface area (Å²) in [7, 11) is 0. The van der Waals surface area contributed by atoms with Crippen LogP contribution in [0.3, 0.4) is 0 Å². The molecule has 0 atom stereocenters. The highest BCUT2D eigenvalue weighted by Crippen LogP contribution is 2.13. The highest BCUT2D eigenvalue weighted by molar-refractivity contribution is 6.17. The van der Waals surface area contributed by atoms with Crippen LogP contribution in [0, 0.1) is 5.82 Å². The number of halogens is 2. The van der Waals surface area contributed by atoms with Crippen LogP contribution in [0.25, 0.3) is 0 Å².